The predicted octanol–water partition coefficient (Wildman–Crippen LogP) is 5.41. The number of amides is 1. The minimum atomic E-state index is 0. The van der Waals surface area contributed by atoms with Crippen LogP contribution in [-0.4, -0.2) is 33.9 Å². The molecule has 0 bridgehead atoms. The molecule has 2 aromatic heterocycles. The lowest BCUT2D eigenvalue weighted by Crippen LogP contribution is -2.28. The SMILES string of the molecule is Cc1ccc2c(Nc3ccc(Br)c(C)c3)c(C(=O)N3CCCC3)cnc2n1.Cl. The number of fused-ring (bicyclic) bond motifs is 1. The normalized spacial score (nSPS) is 13.5. The van der Waals surface area contributed by atoms with E-state index in [1.165, 1.54) is 0 Å². The van der Waals surface area contributed by atoms with E-state index in [-0.39, 0.29) is 18.3 Å². The fourth-order valence-electron chi connectivity index (χ4n) is 3.43. The van der Waals surface area contributed by atoms with Crippen molar-refractivity contribution >= 4 is 56.7 Å². The van der Waals surface area contributed by atoms with Gasteiger partial charge >= 0.3 is 0 Å². The van der Waals surface area contributed by atoms with Gasteiger partial charge in [0.1, 0.15) is 0 Å². The average molecular weight is 462 g/mol. The molecule has 1 amide bonds. The van der Waals surface area contributed by atoms with Crippen molar-refractivity contribution in [2.24, 2.45) is 0 Å². The number of anilines is 2. The van der Waals surface area contributed by atoms with E-state index in [9.17, 15) is 4.79 Å². The molecule has 0 unspecified atom stereocenters. The number of nitrogens with one attached hydrogen (secondary N) is 1. The minimum Gasteiger partial charge on any atom is -0.354 e. The Morgan fingerprint density at radius 3 is 2.61 bits per heavy atom. The highest BCUT2D eigenvalue weighted by Gasteiger charge is 2.24. The highest BCUT2D eigenvalue weighted by Crippen LogP contribution is 2.31. The second kappa shape index (κ2) is 8.45. The molecular weight excluding hydrogens is 440 g/mol. The molecule has 28 heavy (non-hydrogen) atoms. The Bertz CT molecular complexity index is 1030. The topological polar surface area (TPSA) is 58.1 Å². The third kappa shape index (κ3) is 3.98. The van der Waals surface area contributed by atoms with Gasteiger partial charge in [0.25, 0.3) is 5.91 Å². The van der Waals surface area contributed by atoms with Crippen LogP contribution in [0.4, 0.5) is 11.4 Å². The zero-order chi connectivity index (χ0) is 19.0. The van der Waals surface area contributed by atoms with E-state index in [4.69, 9.17) is 0 Å². The monoisotopic (exact) mass is 460 g/mol. The van der Waals surface area contributed by atoms with Crippen molar-refractivity contribution in [2.75, 3.05) is 18.4 Å². The van der Waals surface area contributed by atoms with Gasteiger partial charge < -0.3 is 10.2 Å². The fraction of sp³-hybridized carbons (Fsp3) is 0.286. The number of hydrogen-bond donors (Lipinski definition) is 1. The van der Waals surface area contributed by atoms with Crippen LogP contribution in [0.15, 0.2) is 41.0 Å². The lowest BCUT2D eigenvalue weighted by Gasteiger charge is -2.19. The molecule has 1 aliphatic rings. The summed E-state index contributed by atoms with van der Waals surface area (Å²) in [6.07, 6.45) is 3.77. The highest BCUT2D eigenvalue weighted by molar-refractivity contribution is 9.10. The number of pyridine rings is 2. The maximum absolute atomic E-state index is 13.1. The average Bonchev–Trinajstić information content (AvgIpc) is 3.19. The van der Waals surface area contributed by atoms with Crippen LogP contribution >= 0.6 is 28.3 Å². The third-order valence-electron chi connectivity index (χ3n) is 4.92. The van der Waals surface area contributed by atoms with Gasteiger partial charge in [-0.1, -0.05) is 15.9 Å². The van der Waals surface area contributed by atoms with Crippen LogP contribution < -0.4 is 5.32 Å². The van der Waals surface area contributed by atoms with Gasteiger partial charge in [-0.3, -0.25) is 4.79 Å². The first-order valence-corrected chi connectivity index (χ1v) is 9.91. The number of benzene rings is 1. The third-order valence-corrected chi connectivity index (χ3v) is 5.81. The Morgan fingerprint density at radius 2 is 1.89 bits per heavy atom. The summed E-state index contributed by atoms with van der Waals surface area (Å²) in [5.41, 5.74) is 4.96. The number of carbonyl (C=O) groups excluding carboxylic acids is 1. The van der Waals surface area contributed by atoms with Gasteiger partial charge in [-0.05, 0) is 62.6 Å². The van der Waals surface area contributed by atoms with Crippen molar-refractivity contribution in [2.45, 2.75) is 26.7 Å². The molecule has 0 saturated carbocycles. The molecule has 3 aromatic rings. The van der Waals surface area contributed by atoms with E-state index in [1.54, 1.807) is 6.20 Å². The summed E-state index contributed by atoms with van der Waals surface area (Å²) in [5, 5.41) is 4.31. The zero-order valence-electron chi connectivity index (χ0n) is 15.8. The lowest BCUT2D eigenvalue weighted by atomic mass is 10.1. The lowest BCUT2D eigenvalue weighted by molar-refractivity contribution is 0.0793. The molecule has 3 heterocycles. The van der Waals surface area contributed by atoms with Crippen LogP contribution in [0.2, 0.25) is 0 Å². The quantitative estimate of drug-likeness (QED) is 0.566. The van der Waals surface area contributed by atoms with Crippen molar-refractivity contribution in [3.05, 3.63) is 57.8 Å². The minimum absolute atomic E-state index is 0. The maximum Gasteiger partial charge on any atom is 0.257 e. The first-order chi connectivity index (χ1) is 13.0. The number of aromatic nitrogens is 2. The predicted molar refractivity (Wildman–Crippen MR) is 119 cm³/mol. The molecule has 0 atom stereocenters. The van der Waals surface area contributed by atoms with Crippen LogP contribution in [0.5, 0.6) is 0 Å². The number of rotatable bonds is 3. The summed E-state index contributed by atoms with van der Waals surface area (Å²) in [6.45, 7) is 5.59. The second-order valence-electron chi connectivity index (χ2n) is 6.96. The first-order valence-electron chi connectivity index (χ1n) is 9.12. The van der Waals surface area contributed by atoms with Crippen molar-refractivity contribution in [1.82, 2.24) is 14.9 Å². The van der Waals surface area contributed by atoms with Gasteiger partial charge in [0.15, 0.2) is 5.65 Å². The summed E-state index contributed by atoms with van der Waals surface area (Å²) in [4.78, 5) is 24.0. The second-order valence-corrected chi connectivity index (χ2v) is 7.81. The van der Waals surface area contributed by atoms with Gasteiger partial charge in [0.05, 0.1) is 11.3 Å². The van der Waals surface area contributed by atoms with Crippen LogP contribution in [0.3, 0.4) is 0 Å². The molecule has 1 N–H and O–H groups in total. The Hall–Kier alpha value is -2.18. The molecule has 0 radical (unpaired) electrons. The van der Waals surface area contributed by atoms with Crippen molar-refractivity contribution in [3.8, 4) is 0 Å². The fourth-order valence-corrected chi connectivity index (χ4v) is 3.67. The molecule has 1 fully saturated rings. The van der Waals surface area contributed by atoms with E-state index in [1.807, 2.05) is 43.0 Å². The summed E-state index contributed by atoms with van der Waals surface area (Å²) in [7, 11) is 0. The van der Waals surface area contributed by atoms with E-state index in [2.05, 4.69) is 37.3 Å². The van der Waals surface area contributed by atoms with Crippen molar-refractivity contribution < 1.29 is 4.79 Å². The van der Waals surface area contributed by atoms with Gasteiger partial charge in [-0.15, -0.1) is 12.4 Å². The number of nitrogens with zero attached hydrogens (tertiary/aromatic N) is 3. The molecule has 5 nitrogen and oxygen atoms in total. The van der Waals surface area contributed by atoms with Gasteiger partial charge in [0.2, 0.25) is 0 Å². The van der Waals surface area contributed by atoms with E-state index < -0.39 is 0 Å². The van der Waals surface area contributed by atoms with E-state index >= 15 is 0 Å². The summed E-state index contributed by atoms with van der Waals surface area (Å²) in [5.74, 6) is 0.0267. The Morgan fingerprint density at radius 1 is 1.14 bits per heavy atom. The van der Waals surface area contributed by atoms with Gasteiger partial charge in [-0.2, -0.15) is 0 Å². The highest BCUT2D eigenvalue weighted by atomic mass is 79.9. The molecular formula is C21H22BrClN4O. The largest absolute Gasteiger partial charge is 0.354 e. The van der Waals surface area contributed by atoms with Crippen LogP contribution in [-0.2, 0) is 0 Å². The summed E-state index contributed by atoms with van der Waals surface area (Å²) in [6, 6.07) is 9.99. The summed E-state index contributed by atoms with van der Waals surface area (Å²) >= 11 is 3.54. The molecule has 1 aliphatic heterocycles. The number of halogens is 2. The molecule has 1 aromatic carbocycles. The molecule has 146 valence electrons. The van der Waals surface area contributed by atoms with Crippen molar-refractivity contribution in [1.29, 1.82) is 0 Å². The van der Waals surface area contributed by atoms with Crippen LogP contribution in [0.1, 0.15) is 34.5 Å². The van der Waals surface area contributed by atoms with Crippen LogP contribution in [0, 0.1) is 13.8 Å². The maximum atomic E-state index is 13.1. The van der Waals surface area contributed by atoms with E-state index in [0.29, 0.717) is 11.2 Å². The van der Waals surface area contributed by atoms with Gasteiger partial charge in [0, 0.05) is 40.5 Å². The number of hydrogen-bond acceptors (Lipinski definition) is 4. The molecule has 0 aliphatic carbocycles. The van der Waals surface area contributed by atoms with Gasteiger partial charge in [-0.25, -0.2) is 9.97 Å². The smallest absolute Gasteiger partial charge is 0.257 e. The van der Waals surface area contributed by atoms with Crippen molar-refractivity contribution in [3.63, 3.8) is 0 Å². The number of likely N-dealkylation sites (tertiary alicyclic amines) is 1. The summed E-state index contributed by atoms with van der Waals surface area (Å²) < 4.78 is 1.05. The van der Waals surface area contributed by atoms with Crippen LogP contribution in [0.25, 0.3) is 11.0 Å². The van der Waals surface area contributed by atoms with E-state index in [0.717, 1.165) is 58.4 Å². The Kier molecular flexibility index (Phi) is 6.20. The molecule has 0 spiro atoms. The molecule has 7 heteroatoms. The number of carbonyl (C=O) groups is 1. The number of aryl methyl sites for hydroxylation is 2. The first kappa shape index (κ1) is 20.6. The zero-order valence-corrected chi connectivity index (χ0v) is 18.2. The Labute approximate surface area is 179 Å². The molecule has 4 rings (SSSR count). The Balaban J connectivity index is 0.00000225. The molecule has 1 saturated heterocycles. The standard InChI is InChI=1S/C21H21BrN4O.ClH/c1-13-11-15(6-8-18(13)22)25-19-16-7-5-14(2)24-20(16)23-12-17(19)21(27)26-9-3-4-10-26;/h5-8,11-12H,3-4,9-10H2,1-2H3,(H,23,24,25);1H.